The molecule has 0 radical (unpaired) electrons. The summed E-state index contributed by atoms with van der Waals surface area (Å²) in [4.78, 5) is 11.6. The fourth-order valence-electron chi connectivity index (χ4n) is 5.37. The van der Waals surface area contributed by atoms with E-state index >= 15 is 0 Å². The number of carbonyl (C=O) groups excluding carboxylic acids is 1. The Bertz CT molecular complexity index is 673. The van der Waals surface area contributed by atoms with E-state index in [1.807, 2.05) is 12.1 Å². The zero-order valence-corrected chi connectivity index (χ0v) is 14.6. The van der Waals surface area contributed by atoms with E-state index in [1.54, 1.807) is 6.92 Å². The molecule has 0 amide bonds. The lowest BCUT2D eigenvalue weighted by atomic mass is 9.59. The molecule has 1 spiro atoms. The second kappa shape index (κ2) is 5.48. The van der Waals surface area contributed by atoms with E-state index < -0.39 is 6.16 Å². The Morgan fingerprint density at radius 3 is 3.00 bits per heavy atom. The van der Waals surface area contributed by atoms with Crippen LogP contribution in [0.2, 0.25) is 0 Å². The molecule has 130 valence electrons. The molecule has 2 bridgehead atoms. The summed E-state index contributed by atoms with van der Waals surface area (Å²) in [6.45, 7) is 4.40. The molecule has 2 fully saturated rings. The van der Waals surface area contributed by atoms with Gasteiger partial charge in [-0.15, -0.1) is 0 Å². The average molecular weight is 329 g/mol. The van der Waals surface area contributed by atoms with Gasteiger partial charge in [0.15, 0.2) is 0 Å². The minimum atomic E-state index is -0.640. The van der Waals surface area contributed by atoms with Crippen LogP contribution in [-0.2, 0) is 16.6 Å². The molecule has 4 heteroatoms. The van der Waals surface area contributed by atoms with E-state index in [0.717, 1.165) is 18.8 Å². The van der Waals surface area contributed by atoms with Gasteiger partial charge in [0.1, 0.15) is 5.75 Å². The van der Waals surface area contributed by atoms with Crippen molar-refractivity contribution in [2.24, 2.45) is 17.1 Å². The van der Waals surface area contributed by atoms with Crippen LogP contribution in [0.15, 0.2) is 18.2 Å². The summed E-state index contributed by atoms with van der Waals surface area (Å²) < 4.78 is 10.2. The maximum atomic E-state index is 11.6. The zero-order valence-electron chi connectivity index (χ0n) is 14.6. The minimum Gasteiger partial charge on any atom is -0.434 e. The van der Waals surface area contributed by atoms with Crippen LogP contribution in [0.3, 0.4) is 0 Å². The summed E-state index contributed by atoms with van der Waals surface area (Å²) in [5.41, 5.74) is 9.79. The predicted molar refractivity (Wildman–Crippen MR) is 92.1 cm³/mol. The molecule has 0 heterocycles. The second-order valence-electron chi connectivity index (χ2n) is 8.06. The SMILES string of the molecule is CCOC(=O)Oc1ccc2c(c1)[C@@]1(C)CCCC[C@H]3CC3(C2)[C@@H]1N. The van der Waals surface area contributed by atoms with Crippen molar-refractivity contribution in [1.29, 1.82) is 0 Å². The lowest BCUT2D eigenvalue weighted by Crippen LogP contribution is -2.54. The van der Waals surface area contributed by atoms with Gasteiger partial charge in [0.05, 0.1) is 6.61 Å². The van der Waals surface area contributed by atoms with Crippen molar-refractivity contribution in [2.75, 3.05) is 6.61 Å². The maximum absolute atomic E-state index is 11.6. The van der Waals surface area contributed by atoms with E-state index in [0.29, 0.717) is 17.8 Å². The molecule has 1 aromatic carbocycles. The van der Waals surface area contributed by atoms with Crippen molar-refractivity contribution in [3.8, 4) is 5.75 Å². The van der Waals surface area contributed by atoms with E-state index in [4.69, 9.17) is 15.2 Å². The fourth-order valence-corrected chi connectivity index (χ4v) is 5.37. The molecule has 4 nitrogen and oxygen atoms in total. The number of nitrogens with two attached hydrogens (primary N) is 1. The lowest BCUT2D eigenvalue weighted by molar-refractivity contribution is 0.104. The Morgan fingerprint density at radius 2 is 2.21 bits per heavy atom. The first-order chi connectivity index (χ1) is 11.5. The van der Waals surface area contributed by atoms with Gasteiger partial charge in [0, 0.05) is 11.5 Å². The Balaban J connectivity index is 1.71. The number of hydrogen-bond acceptors (Lipinski definition) is 4. The van der Waals surface area contributed by atoms with Crippen LogP contribution in [0, 0.1) is 11.3 Å². The molecule has 2 saturated carbocycles. The number of fused-ring (bicyclic) bond motifs is 3. The summed E-state index contributed by atoms with van der Waals surface area (Å²) in [6.07, 6.45) is 6.69. The summed E-state index contributed by atoms with van der Waals surface area (Å²) in [5.74, 6) is 1.36. The third-order valence-electron chi connectivity index (χ3n) is 6.76. The van der Waals surface area contributed by atoms with Crippen molar-refractivity contribution in [3.05, 3.63) is 29.3 Å². The Kier molecular flexibility index (Phi) is 3.64. The Morgan fingerprint density at radius 1 is 1.38 bits per heavy atom. The molecule has 24 heavy (non-hydrogen) atoms. The molecule has 2 N–H and O–H groups in total. The van der Waals surface area contributed by atoms with Crippen molar-refractivity contribution < 1.29 is 14.3 Å². The molecule has 0 aromatic heterocycles. The summed E-state index contributed by atoms with van der Waals surface area (Å²) in [5, 5.41) is 0. The second-order valence-corrected chi connectivity index (χ2v) is 8.06. The highest BCUT2D eigenvalue weighted by molar-refractivity contribution is 5.64. The third-order valence-corrected chi connectivity index (χ3v) is 6.76. The summed E-state index contributed by atoms with van der Waals surface area (Å²) in [7, 11) is 0. The van der Waals surface area contributed by atoms with Crippen molar-refractivity contribution in [2.45, 2.75) is 63.8 Å². The molecule has 4 rings (SSSR count). The Labute approximate surface area is 143 Å². The average Bonchev–Trinajstić information content (AvgIpc) is 3.24. The molecule has 0 aliphatic heterocycles. The molecule has 0 saturated heterocycles. The fraction of sp³-hybridized carbons (Fsp3) is 0.650. The number of benzene rings is 1. The molecule has 1 unspecified atom stereocenters. The molecular weight excluding hydrogens is 302 g/mol. The summed E-state index contributed by atoms with van der Waals surface area (Å²) in [6, 6.07) is 6.25. The monoisotopic (exact) mass is 329 g/mol. The van der Waals surface area contributed by atoms with E-state index in [1.165, 1.54) is 36.8 Å². The van der Waals surface area contributed by atoms with E-state index in [9.17, 15) is 4.79 Å². The van der Waals surface area contributed by atoms with Crippen molar-refractivity contribution >= 4 is 6.16 Å². The van der Waals surface area contributed by atoms with Crippen LogP contribution < -0.4 is 10.5 Å². The van der Waals surface area contributed by atoms with Crippen molar-refractivity contribution in [1.82, 2.24) is 0 Å². The molecule has 1 aromatic rings. The van der Waals surface area contributed by atoms with E-state index in [-0.39, 0.29) is 11.5 Å². The highest BCUT2D eigenvalue weighted by atomic mass is 16.7. The van der Waals surface area contributed by atoms with Gasteiger partial charge in [-0.3, -0.25) is 0 Å². The van der Waals surface area contributed by atoms with Crippen LogP contribution >= 0.6 is 0 Å². The van der Waals surface area contributed by atoms with Crippen LogP contribution in [0.5, 0.6) is 5.75 Å². The highest BCUT2D eigenvalue weighted by Crippen LogP contribution is 2.66. The van der Waals surface area contributed by atoms with Crippen LogP contribution in [-0.4, -0.2) is 18.8 Å². The largest absolute Gasteiger partial charge is 0.513 e. The minimum absolute atomic E-state index is 0.0310. The third kappa shape index (κ3) is 2.26. The Hall–Kier alpha value is -1.55. The van der Waals surface area contributed by atoms with Gasteiger partial charge in [-0.25, -0.2) is 4.79 Å². The maximum Gasteiger partial charge on any atom is 0.513 e. The predicted octanol–water partition coefficient (Wildman–Crippen LogP) is 3.94. The molecule has 4 atom stereocenters. The smallest absolute Gasteiger partial charge is 0.434 e. The van der Waals surface area contributed by atoms with Crippen LogP contribution in [0.25, 0.3) is 0 Å². The first-order valence-electron chi connectivity index (χ1n) is 9.23. The molecule has 3 aliphatic carbocycles. The molecule has 3 aliphatic rings. The van der Waals surface area contributed by atoms with Gasteiger partial charge in [0.25, 0.3) is 0 Å². The normalized spacial score (nSPS) is 36.6. The first-order valence-corrected chi connectivity index (χ1v) is 9.23. The van der Waals surface area contributed by atoms with Gasteiger partial charge in [-0.05, 0) is 67.2 Å². The topological polar surface area (TPSA) is 61.5 Å². The van der Waals surface area contributed by atoms with Crippen LogP contribution in [0.1, 0.15) is 57.1 Å². The van der Waals surface area contributed by atoms with Gasteiger partial charge >= 0.3 is 6.16 Å². The number of rotatable bonds is 2. The van der Waals surface area contributed by atoms with Crippen molar-refractivity contribution in [3.63, 3.8) is 0 Å². The van der Waals surface area contributed by atoms with Gasteiger partial charge < -0.3 is 15.2 Å². The van der Waals surface area contributed by atoms with Gasteiger partial charge in [0.2, 0.25) is 0 Å². The van der Waals surface area contributed by atoms with Gasteiger partial charge in [-0.2, -0.15) is 0 Å². The number of carbonyl (C=O) groups is 1. The van der Waals surface area contributed by atoms with Crippen LogP contribution in [0.4, 0.5) is 4.79 Å². The standard InChI is InChI=1S/C20H27NO3/c1-3-23-18(22)24-15-8-7-13-11-20-12-14(20)6-4-5-9-19(2,17(20)21)16(13)10-15/h7-8,10,14,17H,3-6,9,11-12,21H2,1-2H3/t14-,17+,19+,20?/m0/s1. The van der Waals surface area contributed by atoms with Gasteiger partial charge in [-0.1, -0.05) is 25.8 Å². The van der Waals surface area contributed by atoms with E-state index in [2.05, 4.69) is 13.0 Å². The highest BCUT2D eigenvalue weighted by Gasteiger charge is 2.64. The molecular formula is C20H27NO3. The lowest BCUT2D eigenvalue weighted by Gasteiger charge is -2.48. The quantitative estimate of drug-likeness (QED) is 0.659. The zero-order chi connectivity index (χ0) is 16.9. The number of hydrogen-bond donors (Lipinski definition) is 1. The number of ether oxygens (including phenoxy) is 2. The first kappa shape index (κ1) is 15.9. The summed E-state index contributed by atoms with van der Waals surface area (Å²) >= 11 is 0.